The van der Waals surface area contributed by atoms with Gasteiger partial charge in [-0.2, -0.15) is 5.10 Å². The van der Waals surface area contributed by atoms with E-state index in [0.29, 0.717) is 28.6 Å². The zero-order valence-electron chi connectivity index (χ0n) is 13.3. The molecular weight excluding hydrogens is 268 g/mol. The lowest BCUT2D eigenvalue weighted by atomic mass is 9.96. The molecule has 0 atom stereocenters. The van der Waals surface area contributed by atoms with Gasteiger partial charge in [0.05, 0.1) is 5.69 Å². The number of hydrogen-bond acceptors (Lipinski definition) is 5. The molecule has 0 spiro atoms. The molecule has 6 nitrogen and oxygen atoms in total. The Morgan fingerprint density at radius 2 is 1.90 bits per heavy atom. The molecule has 1 N–H and O–H groups in total. The smallest absolute Gasteiger partial charge is 0.339 e. The largest absolute Gasteiger partial charge is 0.478 e. The standard InChI is InChI=1S/C15H24N4O2/c1-10-11(2)16-17-14(13(10)15(20)21)19-7-5-12(6-8-19)9-18(3)4/h12H,5-9H2,1-4H3,(H,20,21). The number of aromatic nitrogens is 2. The van der Waals surface area contributed by atoms with Crippen LogP contribution in [0, 0.1) is 19.8 Å². The van der Waals surface area contributed by atoms with Crippen LogP contribution in [-0.2, 0) is 0 Å². The molecular formula is C15H24N4O2. The topological polar surface area (TPSA) is 69.6 Å². The van der Waals surface area contributed by atoms with Crippen LogP contribution in [0.15, 0.2) is 0 Å². The molecule has 2 heterocycles. The van der Waals surface area contributed by atoms with Crippen molar-refractivity contribution in [1.82, 2.24) is 15.1 Å². The van der Waals surface area contributed by atoms with E-state index < -0.39 is 5.97 Å². The monoisotopic (exact) mass is 292 g/mol. The van der Waals surface area contributed by atoms with Crippen LogP contribution < -0.4 is 4.90 Å². The molecule has 0 unspecified atom stereocenters. The lowest BCUT2D eigenvalue weighted by Crippen LogP contribution is -2.38. The van der Waals surface area contributed by atoms with Gasteiger partial charge in [0.1, 0.15) is 5.56 Å². The summed E-state index contributed by atoms with van der Waals surface area (Å²) in [7, 11) is 4.17. The summed E-state index contributed by atoms with van der Waals surface area (Å²) in [6.45, 7) is 6.36. The summed E-state index contributed by atoms with van der Waals surface area (Å²) in [5.74, 6) is 0.272. The lowest BCUT2D eigenvalue weighted by molar-refractivity contribution is 0.0696. The van der Waals surface area contributed by atoms with Crippen molar-refractivity contribution in [3.8, 4) is 0 Å². The van der Waals surface area contributed by atoms with Gasteiger partial charge in [-0.1, -0.05) is 0 Å². The summed E-state index contributed by atoms with van der Waals surface area (Å²) >= 11 is 0. The van der Waals surface area contributed by atoms with E-state index in [1.54, 1.807) is 13.8 Å². The minimum absolute atomic E-state index is 0.300. The second-order valence-corrected chi connectivity index (χ2v) is 6.11. The highest BCUT2D eigenvalue weighted by Gasteiger charge is 2.26. The van der Waals surface area contributed by atoms with E-state index in [-0.39, 0.29) is 0 Å². The molecule has 116 valence electrons. The van der Waals surface area contributed by atoms with Crippen LogP contribution in [-0.4, -0.2) is 59.9 Å². The van der Waals surface area contributed by atoms with Crippen molar-refractivity contribution >= 4 is 11.8 Å². The minimum Gasteiger partial charge on any atom is -0.478 e. The van der Waals surface area contributed by atoms with Crippen LogP contribution in [0.1, 0.15) is 34.5 Å². The maximum absolute atomic E-state index is 11.5. The highest BCUT2D eigenvalue weighted by molar-refractivity contribution is 5.95. The summed E-state index contributed by atoms with van der Waals surface area (Å²) < 4.78 is 0. The highest BCUT2D eigenvalue weighted by Crippen LogP contribution is 2.27. The highest BCUT2D eigenvalue weighted by atomic mass is 16.4. The van der Waals surface area contributed by atoms with Gasteiger partial charge in [-0.05, 0) is 52.3 Å². The van der Waals surface area contributed by atoms with E-state index in [1.807, 2.05) is 0 Å². The molecule has 1 aromatic heterocycles. The normalized spacial score (nSPS) is 16.5. The number of piperidine rings is 1. The van der Waals surface area contributed by atoms with Crippen molar-refractivity contribution in [3.63, 3.8) is 0 Å². The van der Waals surface area contributed by atoms with Gasteiger partial charge in [0.25, 0.3) is 0 Å². The van der Waals surface area contributed by atoms with Gasteiger partial charge in [0, 0.05) is 19.6 Å². The fraction of sp³-hybridized carbons (Fsp3) is 0.667. The zero-order chi connectivity index (χ0) is 15.6. The second-order valence-electron chi connectivity index (χ2n) is 6.11. The maximum Gasteiger partial charge on any atom is 0.339 e. The number of aryl methyl sites for hydroxylation is 1. The molecule has 0 saturated carbocycles. The number of hydrogen-bond donors (Lipinski definition) is 1. The fourth-order valence-electron chi connectivity index (χ4n) is 2.92. The predicted molar refractivity (Wildman–Crippen MR) is 82.0 cm³/mol. The van der Waals surface area contributed by atoms with Crippen LogP contribution in [0.3, 0.4) is 0 Å². The molecule has 0 bridgehead atoms. The van der Waals surface area contributed by atoms with Crippen LogP contribution in [0.2, 0.25) is 0 Å². The molecule has 1 aliphatic heterocycles. The quantitative estimate of drug-likeness (QED) is 0.908. The number of nitrogens with zero attached hydrogens (tertiary/aromatic N) is 4. The molecule has 2 rings (SSSR count). The SMILES string of the molecule is Cc1nnc(N2CCC(CN(C)C)CC2)c(C(=O)O)c1C. The first-order chi connectivity index (χ1) is 9.90. The molecule has 1 saturated heterocycles. The third kappa shape index (κ3) is 3.50. The van der Waals surface area contributed by atoms with Gasteiger partial charge in [-0.15, -0.1) is 5.10 Å². The molecule has 1 fully saturated rings. The summed E-state index contributed by atoms with van der Waals surface area (Å²) in [5, 5.41) is 17.7. The number of carboxylic acids is 1. The Morgan fingerprint density at radius 1 is 1.29 bits per heavy atom. The maximum atomic E-state index is 11.5. The van der Waals surface area contributed by atoms with E-state index in [9.17, 15) is 9.90 Å². The predicted octanol–water partition coefficient (Wildman–Crippen LogP) is 1.57. The Hall–Kier alpha value is -1.69. The van der Waals surface area contributed by atoms with Crippen LogP contribution >= 0.6 is 0 Å². The third-order valence-electron chi connectivity index (χ3n) is 4.19. The van der Waals surface area contributed by atoms with E-state index in [1.165, 1.54) is 0 Å². The van der Waals surface area contributed by atoms with Crippen molar-refractivity contribution in [1.29, 1.82) is 0 Å². The van der Waals surface area contributed by atoms with Crippen molar-refractivity contribution < 1.29 is 9.90 Å². The van der Waals surface area contributed by atoms with Crippen molar-refractivity contribution in [2.45, 2.75) is 26.7 Å². The summed E-state index contributed by atoms with van der Waals surface area (Å²) in [5.41, 5.74) is 1.69. The molecule has 6 heteroatoms. The van der Waals surface area contributed by atoms with E-state index in [4.69, 9.17) is 0 Å². The van der Waals surface area contributed by atoms with Crippen molar-refractivity contribution in [2.75, 3.05) is 38.6 Å². The van der Waals surface area contributed by atoms with Crippen molar-refractivity contribution in [3.05, 3.63) is 16.8 Å². The number of carbonyl (C=O) groups is 1. The summed E-state index contributed by atoms with van der Waals surface area (Å²) in [4.78, 5) is 15.8. The van der Waals surface area contributed by atoms with Gasteiger partial charge < -0.3 is 14.9 Å². The summed E-state index contributed by atoms with van der Waals surface area (Å²) in [6, 6.07) is 0. The van der Waals surface area contributed by atoms with Crippen LogP contribution in [0.5, 0.6) is 0 Å². The van der Waals surface area contributed by atoms with Gasteiger partial charge >= 0.3 is 5.97 Å². The number of aromatic carboxylic acids is 1. The van der Waals surface area contributed by atoms with Gasteiger partial charge in [0.15, 0.2) is 5.82 Å². The number of anilines is 1. The molecule has 0 aromatic carbocycles. The van der Waals surface area contributed by atoms with E-state index in [0.717, 1.165) is 32.5 Å². The lowest BCUT2D eigenvalue weighted by Gasteiger charge is -2.34. The fourth-order valence-corrected chi connectivity index (χ4v) is 2.92. The van der Waals surface area contributed by atoms with E-state index in [2.05, 4.69) is 34.1 Å². The molecule has 0 aliphatic carbocycles. The Bertz CT molecular complexity index is 523. The average molecular weight is 292 g/mol. The van der Waals surface area contributed by atoms with Crippen molar-refractivity contribution in [2.24, 2.45) is 5.92 Å². The van der Waals surface area contributed by atoms with Gasteiger partial charge in [-0.25, -0.2) is 4.79 Å². The molecule has 0 radical (unpaired) electrons. The first-order valence-corrected chi connectivity index (χ1v) is 7.37. The minimum atomic E-state index is -0.920. The Balaban J connectivity index is 2.17. The van der Waals surface area contributed by atoms with Gasteiger partial charge in [-0.3, -0.25) is 0 Å². The average Bonchev–Trinajstić information content (AvgIpc) is 2.41. The van der Waals surface area contributed by atoms with E-state index >= 15 is 0 Å². The Labute approximate surface area is 125 Å². The molecule has 21 heavy (non-hydrogen) atoms. The van der Waals surface area contributed by atoms with Gasteiger partial charge in [0.2, 0.25) is 0 Å². The van der Waals surface area contributed by atoms with Crippen LogP contribution in [0.4, 0.5) is 5.82 Å². The molecule has 1 aliphatic rings. The number of rotatable bonds is 4. The number of carboxylic acid groups (broad SMARTS) is 1. The Kier molecular flexibility index (Phi) is 4.77. The third-order valence-corrected chi connectivity index (χ3v) is 4.19. The first kappa shape index (κ1) is 15.7. The molecule has 1 aromatic rings. The molecule has 0 amide bonds. The summed E-state index contributed by atoms with van der Waals surface area (Å²) in [6.07, 6.45) is 2.12. The zero-order valence-corrected chi connectivity index (χ0v) is 13.3. The first-order valence-electron chi connectivity index (χ1n) is 7.37. The second kappa shape index (κ2) is 6.39. The Morgan fingerprint density at radius 3 is 2.43 bits per heavy atom. The van der Waals surface area contributed by atoms with Crippen LogP contribution in [0.25, 0.3) is 0 Å².